The lowest BCUT2D eigenvalue weighted by Crippen LogP contribution is -2.42. The second-order valence-electron chi connectivity index (χ2n) is 5.48. The van der Waals surface area contributed by atoms with Crippen LogP contribution >= 0.6 is 0 Å². The molecule has 0 radical (unpaired) electrons. The van der Waals surface area contributed by atoms with Crippen LogP contribution in [-0.2, 0) is 13.5 Å². The second kappa shape index (κ2) is 6.19. The van der Waals surface area contributed by atoms with E-state index in [9.17, 15) is 4.79 Å². The van der Waals surface area contributed by atoms with Crippen molar-refractivity contribution in [3.63, 3.8) is 0 Å². The SMILES string of the molecule is CCc1nn(C)cc1C(=O)NCC1CCC(C)NC1. The van der Waals surface area contributed by atoms with Crippen LogP contribution in [-0.4, -0.2) is 34.8 Å². The maximum Gasteiger partial charge on any atom is 0.254 e. The maximum atomic E-state index is 12.2. The van der Waals surface area contributed by atoms with Crippen LogP contribution in [0.15, 0.2) is 6.20 Å². The van der Waals surface area contributed by atoms with Crippen LogP contribution < -0.4 is 10.6 Å². The molecular weight excluding hydrogens is 240 g/mol. The summed E-state index contributed by atoms with van der Waals surface area (Å²) in [7, 11) is 1.85. The van der Waals surface area contributed by atoms with Gasteiger partial charge in [-0.05, 0) is 38.6 Å². The Kier molecular flexibility index (Phi) is 4.58. The van der Waals surface area contributed by atoms with Crippen LogP contribution in [0.25, 0.3) is 0 Å². The summed E-state index contributed by atoms with van der Waals surface area (Å²) >= 11 is 0. The number of aryl methyl sites for hydroxylation is 2. The highest BCUT2D eigenvalue weighted by molar-refractivity contribution is 5.95. The number of hydrogen-bond acceptors (Lipinski definition) is 3. The van der Waals surface area contributed by atoms with E-state index < -0.39 is 0 Å². The van der Waals surface area contributed by atoms with Crippen LogP contribution in [0.4, 0.5) is 0 Å². The first-order valence-corrected chi connectivity index (χ1v) is 7.14. The van der Waals surface area contributed by atoms with Crippen molar-refractivity contribution in [1.82, 2.24) is 20.4 Å². The molecule has 106 valence electrons. The van der Waals surface area contributed by atoms with Crippen molar-refractivity contribution >= 4 is 5.91 Å². The summed E-state index contributed by atoms with van der Waals surface area (Å²) < 4.78 is 1.71. The van der Waals surface area contributed by atoms with Gasteiger partial charge in [0.05, 0.1) is 11.3 Å². The maximum absolute atomic E-state index is 12.2. The molecule has 1 aromatic heterocycles. The number of carbonyl (C=O) groups is 1. The van der Waals surface area contributed by atoms with Crippen molar-refractivity contribution < 1.29 is 4.79 Å². The van der Waals surface area contributed by atoms with Crippen molar-refractivity contribution in [1.29, 1.82) is 0 Å². The molecule has 19 heavy (non-hydrogen) atoms. The van der Waals surface area contributed by atoms with Gasteiger partial charge in [0, 0.05) is 25.8 Å². The summed E-state index contributed by atoms with van der Waals surface area (Å²) in [6.07, 6.45) is 4.96. The average molecular weight is 264 g/mol. The summed E-state index contributed by atoms with van der Waals surface area (Å²) in [4.78, 5) is 12.2. The van der Waals surface area contributed by atoms with Gasteiger partial charge in [0.1, 0.15) is 0 Å². The Morgan fingerprint density at radius 1 is 1.58 bits per heavy atom. The van der Waals surface area contributed by atoms with E-state index >= 15 is 0 Å². The van der Waals surface area contributed by atoms with Crippen LogP contribution in [0.2, 0.25) is 0 Å². The molecule has 2 atom stereocenters. The van der Waals surface area contributed by atoms with Gasteiger partial charge in [-0.3, -0.25) is 9.48 Å². The van der Waals surface area contributed by atoms with E-state index in [0.717, 1.165) is 25.2 Å². The number of nitrogens with one attached hydrogen (secondary N) is 2. The summed E-state index contributed by atoms with van der Waals surface area (Å²) in [6, 6.07) is 0.608. The normalized spacial score (nSPS) is 23.3. The Labute approximate surface area is 114 Å². The molecule has 1 fully saturated rings. The molecule has 2 unspecified atom stereocenters. The minimum absolute atomic E-state index is 0.00331. The zero-order valence-electron chi connectivity index (χ0n) is 12.1. The smallest absolute Gasteiger partial charge is 0.254 e. The van der Waals surface area contributed by atoms with Crippen molar-refractivity contribution in [2.75, 3.05) is 13.1 Å². The van der Waals surface area contributed by atoms with Gasteiger partial charge in [-0.15, -0.1) is 0 Å². The number of aromatic nitrogens is 2. The topological polar surface area (TPSA) is 59.0 Å². The molecule has 2 heterocycles. The van der Waals surface area contributed by atoms with Crippen LogP contribution in [0, 0.1) is 5.92 Å². The zero-order chi connectivity index (χ0) is 13.8. The first-order valence-electron chi connectivity index (χ1n) is 7.14. The van der Waals surface area contributed by atoms with E-state index in [4.69, 9.17) is 0 Å². The lowest BCUT2D eigenvalue weighted by molar-refractivity contribution is 0.0943. The minimum Gasteiger partial charge on any atom is -0.352 e. The van der Waals surface area contributed by atoms with Gasteiger partial charge >= 0.3 is 0 Å². The standard InChI is InChI=1S/C14H24N4O/c1-4-13-12(9-18(3)17-13)14(19)16-8-11-6-5-10(2)15-7-11/h9-11,15H,4-8H2,1-3H3,(H,16,19). The molecule has 2 rings (SSSR count). The van der Waals surface area contributed by atoms with Gasteiger partial charge in [-0.2, -0.15) is 5.10 Å². The summed E-state index contributed by atoms with van der Waals surface area (Å²) in [5.41, 5.74) is 1.58. The van der Waals surface area contributed by atoms with E-state index in [1.54, 1.807) is 10.9 Å². The van der Waals surface area contributed by atoms with E-state index in [0.29, 0.717) is 17.5 Å². The monoisotopic (exact) mass is 264 g/mol. The van der Waals surface area contributed by atoms with Crippen molar-refractivity contribution in [3.8, 4) is 0 Å². The molecule has 1 aliphatic heterocycles. The molecule has 5 nitrogen and oxygen atoms in total. The molecular formula is C14H24N4O. The Morgan fingerprint density at radius 2 is 2.37 bits per heavy atom. The highest BCUT2D eigenvalue weighted by Crippen LogP contribution is 2.13. The van der Waals surface area contributed by atoms with E-state index in [2.05, 4.69) is 22.7 Å². The van der Waals surface area contributed by atoms with E-state index in [-0.39, 0.29) is 5.91 Å². The Hall–Kier alpha value is -1.36. The van der Waals surface area contributed by atoms with Gasteiger partial charge in [-0.25, -0.2) is 0 Å². The lowest BCUT2D eigenvalue weighted by atomic mass is 9.95. The molecule has 5 heteroatoms. The van der Waals surface area contributed by atoms with Gasteiger partial charge < -0.3 is 10.6 Å². The number of rotatable bonds is 4. The number of piperidine rings is 1. The third-order valence-electron chi connectivity index (χ3n) is 3.80. The Morgan fingerprint density at radius 3 is 3.00 bits per heavy atom. The van der Waals surface area contributed by atoms with Gasteiger partial charge in [0.2, 0.25) is 0 Å². The molecule has 1 amide bonds. The van der Waals surface area contributed by atoms with Crippen LogP contribution in [0.1, 0.15) is 42.7 Å². The fraction of sp³-hybridized carbons (Fsp3) is 0.714. The van der Waals surface area contributed by atoms with Crippen molar-refractivity contribution in [3.05, 3.63) is 17.5 Å². The van der Waals surface area contributed by atoms with Crippen LogP contribution in [0.5, 0.6) is 0 Å². The molecule has 1 aromatic rings. The fourth-order valence-electron chi connectivity index (χ4n) is 2.55. The Balaban J connectivity index is 1.87. The minimum atomic E-state index is 0.00331. The molecule has 1 aliphatic rings. The summed E-state index contributed by atoms with van der Waals surface area (Å²) in [5.74, 6) is 0.547. The van der Waals surface area contributed by atoms with E-state index in [1.807, 2.05) is 14.0 Å². The van der Waals surface area contributed by atoms with Gasteiger partial charge in [-0.1, -0.05) is 6.92 Å². The average Bonchev–Trinajstić information content (AvgIpc) is 2.79. The Bertz CT molecular complexity index is 433. The molecule has 0 aliphatic carbocycles. The fourth-order valence-corrected chi connectivity index (χ4v) is 2.55. The summed E-state index contributed by atoms with van der Waals surface area (Å²) in [6.45, 7) is 5.97. The van der Waals surface area contributed by atoms with Crippen molar-refractivity contribution in [2.45, 2.75) is 39.2 Å². The molecule has 0 bridgehead atoms. The van der Waals surface area contributed by atoms with E-state index in [1.165, 1.54) is 12.8 Å². The third-order valence-corrected chi connectivity index (χ3v) is 3.80. The molecule has 2 N–H and O–H groups in total. The van der Waals surface area contributed by atoms with Gasteiger partial charge in [0.25, 0.3) is 5.91 Å². The third kappa shape index (κ3) is 3.56. The number of carbonyl (C=O) groups excluding carboxylic acids is 1. The predicted octanol–water partition coefficient (Wildman–Crippen LogP) is 1.10. The molecule has 0 saturated carbocycles. The summed E-state index contributed by atoms with van der Waals surface area (Å²) in [5, 5.41) is 10.8. The first kappa shape index (κ1) is 14.1. The highest BCUT2D eigenvalue weighted by Gasteiger charge is 2.19. The molecule has 1 saturated heterocycles. The largest absolute Gasteiger partial charge is 0.352 e. The lowest BCUT2D eigenvalue weighted by Gasteiger charge is -2.27. The molecule has 0 aromatic carbocycles. The number of amides is 1. The predicted molar refractivity (Wildman–Crippen MR) is 75.1 cm³/mol. The first-order chi connectivity index (χ1) is 9.10. The molecule has 0 spiro atoms. The zero-order valence-corrected chi connectivity index (χ0v) is 12.1. The van der Waals surface area contributed by atoms with Crippen molar-refractivity contribution in [2.24, 2.45) is 13.0 Å². The highest BCUT2D eigenvalue weighted by atomic mass is 16.1. The van der Waals surface area contributed by atoms with Crippen LogP contribution in [0.3, 0.4) is 0 Å². The number of hydrogen-bond donors (Lipinski definition) is 2. The quantitative estimate of drug-likeness (QED) is 0.856. The van der Waals surface area contributed by atoms with Gasteiger partial charge in [0.15, 0.2) is 0 Å². The number of nitrogens with zero attached hydrogens (tertiary/aromatic N) is 2. The second-order valence-corrected chi connectivity index (χ2v) is 5.48.